The maximum Gasteiger partial charge on any atom is 0.222 e. The van der Waals surface area contributed by atoms with Crippen LogP contribution in [0.15, 0.2) is 24.4 Å². The third-order valence-electron chi connectivity index (χ3n) is 6.20. The lowest BCUT2D eigenvalue weighted by Gasteiger charge is -2.24. The van der Waals surface area contributed by atoms with Crippen LogP contribution in [0.3, 0.4) is 0 Å². The van der Waals surface area contributed by atoms with Crippen molar-refractivity contribution in [3.8, 4) is 10.6 Å². The molecule has 9 heteroatoms. The Morgan fingerprint density at radius 3 is 2.85 bits per heavy atom. The van der Waals surface area contributed by atoms with Gasteiger partial charge in [-0.15, -0.1) is 11.3 Å². The molecule has 1 atom stereocenters. The number of anilines is 2. The number of likely N-dealkylation sites (tertiary alicyclic amines) is 1. The number of hydrogen-bond donors (Lipinski definition) is 2. The molecule has 0 radical (unpaired) electrons. The molecular weight excluding hydrogens is 448 g/mol. The Balaban J connectivity index is 1.45. The molecule has 2 fully saturated rings. The molecule has 2 saturated heterocycles. The van der Waals surface area contributed by atoms with Crippen molar-refractivity contribution in [2.75, 3.05) is 36.9 Å². The summed E-state index contributed by atoms with van der Waals surface area (Å²) < 4.78 is 9.13. The van der Waals surface area contributed by atoms with Crippen LogP contribution in [-0.4, -0.2) is 57.4 Å². The minimum atomic E-state index is -0.101. The summed E-state index contributed by atoms with van der Waals surface area (Å²) in [6.07, 6.45) is 6.74. The monoisotopic (exact) mass is 482 g/mol. The maximum absolute atomic E-state index is 12.0. The summed E-state index contributed by atoms with van der Waals surface area (Å²) in [6.45, 7) is 9.47. The molecule has 1 amide bonds. The van der Waals surface area contributed by atoms with E-state index >= 15 is 0 Å². The molecule has 8 nitrogen and oxygen atoms in total. The number of ether oxygens (including phenoxy) is 1. The van der Waals surface area contributed by atoms with E-state index in [4.69, 9.17) is 9.72 Å². The Morgan fingerprint density at radius 1 is 1.24 bits per heavy atom. The Bertz CT molecular complexity index is 1160. The van der Waals surface area contributed by atoms with Gasteiger partial charge in [0.05, 0.1) is 26.5 Å². The Hall–Kier alpha value is -2.65. The van der Waals surface area contributed by atoms with E-state index in [0.29, 0.717) is 19.5 Å². The normalized spacial score (nSPS) is 19.2. The van der Waals surface area contributed by atoms with Crippen LogP contribution in [0.1, 0.15) is 59.1 Å². The standard InChI is InChI=1S/C25H34N6O2S/c1-25(2,3)29-21-16-17(26-11-13-30-12-6-7-22(30)32)24-18(28-21)15-20(34-24)19-9-10-27-31(19)23-8-4-5-14-33-23/h9-10,15-16,23H,4-8,11-14H2,1-3H3,(H2,26,28,29). The number of carbonyl (C=O) groups is 1. The molecule has 0 aromatic carbocycles. The molecular formula is C25H34N6O2S. The van der Waals surface area contributed by atoms with Crippen molar-refractivity contribution in [1.82, 2.24) is 19.7 Å². The van der Waals surface area contributed by atoms with E-state index in [9.17, 15) is 4.79 Å². The van der Waals surface area contributed by atoms with E-state index in [0.717, 1.165) is 71.1 Å². The summed E-state index contributed by atoms with van der Waals surface area (Å²) in [4.78, 5) is 20.0. The number of rotatable bonds is 7. The summed E-state index contributed by atoms with van der Waals surface area (Å²) in [7, 11) is 0. The fourth-order valence-electron chi connectivity index (χ4n) is 4.65. The van der Waals surface area contributed by atoms with Gasteiger partial charge in [-0.2, -0.15) is 5.10 Å². The number of fused-ring (bicyclic) bond motifs is 1. The van der Waals surface area contributed by atoms with Gasteiger partial charge < -0.3 is 20.3 Å². The highest BCUT2D eigenvalue weighted by molar-refractivity contribution is 7.22. The summed E-state index contributed by atoms with van der Waals surface area (Å²) in [5.41, 5.74) is 2.95. The number of nitrogens with one attached hydrogen (secondary N) is 2. The van der Waals surface area contributed by atoms with Gasteiger partial charge in [-0.1, -0.05) is 0 Å². The van der Waals surface area contributed by atoms with E-state index in [1.54, 1.807) is 11.3 Å². The molecule has 3 aromatic rings. The van der Waals surface area contributed by atoms with Crippen molar-refractivity contribution < 1.29 is 9.53 Å². The molecule has 34 heavy (non-hydrogen) atoms. The first-order valence-electron chi connectivity index (χ1n) is 12.3. The number of pyridine rings is 1. The predicted molar refractivity (Wildman–Crippen MR) is 137 cm³/mol. The van der Waals surface area contributed by atoms with Crippen molar-refractivity contribution in [3.05, 3.63) is 24.4 Å². The van der Waals surface area contributed by atoms with Gasteiger partial charge in [-0.25, -0.2) is 9.67 Å². The second kappa shape index (κ2) is 9.54. The van der Waals surface area contributed by atoms with Crippen molar-refractivity contribution in [2.24, 2.45) is 0 Å². The fraction of sp³-hybridized carbons (Fsp3) is 0.560. The highest BCUT2D eigenvalue weighted by Gasteiger charge is 2.23. The van der Waals surface area contributed by atoms with Crippen LogP contribution in [-0.2, 0) is 9.53 Å². The van der Waals surface area contributed by atoms with Crippen LogP contribution in [0.4, 0.5) is 11.5 Å². The quantitative estimate of drug-likeness (QED) is 0.487. The molecule has 0 spiro atoms. The second-order valence-corrected chi connectivity index (χ2v) is 11.2. The van der Waals surface area contributed by atoms with Crippen molar-refractivity contribution in [1.29, 1.82) is 0 Å². The molecule has 2 aliphatic rings. The van der Waals surface area contributed by atoms with Crippen LogP contribution >= 0.6 is 11.3 Å². The molecule has 0 bridgehead atoms. The van der Waals surface area contributed by atoms with Gasteiger partial charge in [-0.3, -0.25) is 4.79 Å². The summed E-state index contributed by atoms with van der Waals surface area (Å²) in [5, 5.41) is 11.7. The second-order valence-electron chi connectivity index (χ2n) is 10.1. The number of thiophene rings is 1. The van der Waals surface area contributed by atoms with Crippen LogP contribution in [0.2, 0.25) is 0 Å². The largest absolute Gasteiger partial charge is 0.382 e. The van der Waals surface area contributed by atoms with Gasteiger partial charge in [0.2, 0.25) is 5.91 Å². The zero-order chi connectivity index (χ0) is 23.7. The zero-order valence-corrected chi connectivity index (χ0v) is 21.1. The Labute approximate surface area is 204 Å². The lowest BCUT2D eigenvalue weighted by atomic mass is 10.1. The summed E-state index contributed by atoms with van der Waals surface area (Å²) in [6, 6.07) is 6.30. The van der Waals surface area contributed by atoms with Crippen molar-refractivity contribution in [2.45, 2.75) is 64.6 Å². The topological polar surface area (TPSA) is 84.3 Å². The average Bonchev–Trinajstić information content (AvgIpc) is 3.53. The number of carbonyl (C=O) groups excluding carboxylic acids is 1. The molecule has 2 aliphatic heterocycles. The first kappa shape index (κ1) is 23.1. The van der Waals surface area contributed by atoms with E-state index in [-0.39, 0.29) is 17.7 Å². The summed E-state index contributed by atoms with van der Waals surface area (Å²) in [5.74, 6) is 1.10. The minimum absolute atomic E-state index is 0.00867. The maximum atomic E-state index is 12.0. The van der Waals surface area contributed by atoms with Crippen molar-refractivity contribution >= 4 is 39.0 Å². The molecule has 5 heterocycles. The molecule has 1 unspecified atom stereocenters. The summed E-state index contributed by atoms with van der Waals surface area (Å²) >= 11 is 1.72. The molecule has 3 aromatic heterocycles. The van der Waals surface area contributed by atoms with E-state index in [1.807, 2.05) is 15.8 Å². The van der Waals surface area contributed by atoms with Gasteiger partial charge in [0.25, 0.3) is 0 Å². The van der Waals surface area contributed by atoms with E-state index in [1.165, 1.54) is 0 Å². The number of hydrogen-bond acceptors (Lipinski definition) is 7. The molecule has 182 valence electrons. The van der Waals surface area contributed by atoms with Crippen LogP contribution in [0.5, 0.6) is 0 Å². The lowest BCUT2D eigenvalue weighted by Crippen LogP contribution is -2.30. The Kier molecular flexibility index (Phi) is 6.48. The molecule has 5 rings (SSSR count). The average molecular weight is 483 g/mol. The smallest absolute Gasteiger partial charge is 0.222 e. The first-order valence-corrected chi connectivity index (χ1v) is 13.1. The number of nitrogens with zero attached hydrogens (tertiary/aromatic N) is 4. The highest BCUT2D eigenvalue weighted by Crippen LogP contribution is 2.39. The van der Waals surface area contributed by atoms with Crippen LogP contribution < -0.4 is 10.6 Å². The minimum Gasteiger partial charge on any atom is -0.382 e. The SMILES string of the molecule is CC(C)(C)Nc1cc(NCCN2CCCC2=O)c2sc(-c3ccnn3C3CCCCO3)cc2n1. The Morgan fingerprint density at radius 2 is 2.12 bits per heavy atom. The van der Waals surface area contributed by atoms with Crippen LogP contribution in [0.25, 0.3) is 20.8 Å². The number of amides is 1. The van der Waals surface area contributed by atoms with Gasteiger partial charge in [0.15, 0.2) is 6.23 Å². The highest BCUT2D eigenvalue weighted by atomic mass is 32.1. The molecule has 2 N–H and O–H groups in total. The third kappa shape index (κ3) is 5.05. The van der Waals surface area contributed by atoms with Crippen LogP contribution in [0, 0.1) is 0 Å². The van der Waals surface area contributed by atoms with Gasteiger partial charge >= 0.3 is 0 Å². The van der Waals surface area contributed by atoms with Crippen molar-refractivity contribution in [3.63, 3.8) is 0 Å². The van der Waals surface area contributed by atoms with Gasteiger partial charge in [0.1, 0.15) is 5.82 Å². The van der Waals surface area contributed by atoms with E-state index in [2.05, 4.69) is 54.7 Å². The first-order chi connectivity index (χ1) is 16.4. The number of aromatic nitrogens is 3. The third-order valence-corrected chi connectivity index (χ3v) is 7.38. The molecule has 0 saturated carbocycles. The zero-order valence-electron chi connectivity index (χ0n) is 20.3. The lowest BCUT2D eigenvalue weighted by molar-refractivity contribution is -0.127. The fourth-order valence-corrected chi connectivity index (χ4v) is 5.76. The van der Waals surface area contributed by atoms with Gasteiger partial charge in [0, 0.05) is 50.5 Å². The van der Waals surface area contributed by atoms with Gasteiger partial charge in [-0.05, 0) is 58.6 Å². The predicted octanol–water partition coefficient (Wildman–Crippen LogP) is 5.10. The van der Waals surface area contributed by atoms with E-state index < -0.39 is 0 Å². The molecule has 0 aliphatic carbocycles.